The molecular formula is C11H14N2O3. The molecule has 0 aliphatic heterocycles. The van der Waals surface area contributed by atoms with Crippen LogP contribution in [0.15, 0.2) is 12.1 Å². The number of benzene rings is 1. The van der Waals surface area contributed by atoms with Gasteiger partial charge >= 0.3 is 0 Å². The van der Waals surface area contributed by atoms with E-state index >= 15 is 0 Å². The summed E-state index contributed by atoms with van der Waals surface area (Å²) in [6.07, 6.45) is 2.40. The van der Waals surface area contributed by atoms with Crippen molar-refractivity contribution in [3.8, 4) is 0 Å². The Labute approximate surface area is 93.0 Å². The normalized spacial score (nSPS) is 18.4. The standard InChI is InChI=1S/C11H14N2O3/c12-10-5-8-3-7(1-2-14)4-9(8)6-11(10)13(15)16/h5-7,14H,1-4,12H2. The average molecular weight is 222 g/mol. The molecule has 5 nitrogen and oxygen atoms in total. The fourth-order valence-corrected chi connectivity index (χ4v) is 2.31. The highest BCUT2D eigenvalue weighted by Crippen LogP contribution is 2.34. The molecule has 0 saturated carbocycles. The third-order valence-electron chi connectivity index (χ3n) is 3.10. The van der Waals surface area contributed by atoms with Crippen LogP contribution in [0.1, 0.15) is 17.5 Å². The molecule has 16 heavy (non-hydrogen) atoms. The summed E-state index contributed by atoms with van der Waals surface area (Å²) in [4.78, 5) is 10.3. The number of nitro benzene ring substituents is 1. The largest absolute Gasteiger partial charge is 0.396 e. The molecule has 1 aliphatic rings. The van der Waals surface area contributed by atoms with Crippen LogP contribution in [-0.4, -0.2) is 16.6 Å². The Morgan fingerprint density at radius 3 is 2.62 bits per heavy atom. The summed E-state index contributed by atoms with van der Waals surface area (Å²) >= 11 is 0. The Morgan fingerprint density at radius 1 is 1.44 bits per heavy atom. The predicted octanol–water partition coefficient (Wildman–Crippen LogP) is 1.27. The molecule has 1 aliphatic carbocycles. The van der Waals surface area contributed by atoms with E-state index in [-0.39, 0.29) is 18.0 Å². The first kappa shape index (κ1) is 10.9. The lowest BCUT2D eigenvalue weighted by Crippen LogP contribution is -2.01. The average Bonchev–Trinajstić information content (AvgIpc) is 2.58. The topological polar surface area (TPSA) is 89.4 Å². The molecule has 0 fully saturated rings. The van der Waals surface area contributed by atoms with Crippen molar-refractivity contribution < 1.29 is 10.0 Å². The lowest BCUT2D eigenvalue weighted by atomic mass is 10.0. The number of nitrogen functional groups attached to an aromatic ring is 1. The number of fused-ring (bicyclic) bond motifs is 1. The summed E-state index contributed by atoms with van der Waals surface area (Å²) in [5, 5.41) is 19.6. The number of nitro groups is 1. The zero-order chi connectivity index (χ0) is 11.7. The Bertz CT molecular complexity index is 431. The van der Waals surface area contributed by atoms with Gasteiger partial charge in [-0.25, -0.2) is 0 Å². The summed E-state index contributed by atoms with van der Waals surface area (Å²) in [5.41, 5.74) is 7.93. The van der Waals surface area contributed by atoms with Gasteiger partial charge in [-0.2, -0.15) is 0 Å². The van der Waals surface area contributed by atoms with Crippen molar-refractivity contribution in [3.05, 3.63) is 33.4 Å². The third kappa shape index (κ3) is 1.86. The molecule has 3 N–H and O–H groups in total. The van der Waals surface area contributed by atoms with Gasteiger partial charge in [0, 0.05) is 12.7 Å². The summed E-state index contributed by atoms with van der Waals surface area (Å²) in [6, 6.07) is 3.27. The van der Waals surface area contributed by atoms with Crippen LogP contribution in [0.2, 0.25) is 0 Å². The number of aliphatic hydroxyl groups is 1. The van der Waals surface area contributed by atoms with Crippen molar-refractivity contribution in [3.63, 3.8) is 0 Å². The van der Waals surface area contributed by atoms with Crippen molar-refractivity contribution in [1.29, 1.82) is 0 Å². The van der Waals surface area contributed by atoms with Crippen molar-refractivity contribution in [1.82, 2.24) is 0 Å². The predicted molar refractivity (Wildman–Crippen MR) is 60.1 cm³/mol. The first-order valence-corrected chi connectivity index (χ1v) is 5.28. The lowest BCUT2D eigenvalue weighted by Gasteiger charge is -2.03. The highest BCUT2D eigenvalue weighted by atomic mass is 16.6. The van der Waals surface area contributed by atoms with Gasteiger partial charge in [0.05, 0.1) is 4.92 Å². The van der Waals surface area contributed by atoms with Gasteiger partial charge in [0.2, 0.25) is 0 Å². The number of nitrogens with zero attached hydrogens (tertiary/aromatic N) is 1. The molecule has 1 atom stereocenters. The molecule has 0 saturated heterocycles. The van der Waals surface area contributed by atoms with Gasteiger partial charge < -0.3 is 10.8 Å². The van der Waals surface area contributed by atoms with Crippen molar-refractivity contribution in [2.75, 3.05) is 12.3 Å². The summed E-state index contributed by atoms with van der Waals surface area (Å²) in [7, 11) is 0. The maximum Gasteiger partial charge on any atom is 0.292 e. The van der Waals surface area contributed by atoms with Crippen molar-refractivity contribution in [2.24, 2.45) is 5.92 Å². The Morgan fingerprint density at radius 2 is 2.06 bits per heavy atom. The van der Waals surface area contributed by atoms with Crippen molar-refractivity contribution >= 4 is 11.4 Å². The Kier molecular flexibility index (Phi) is 2.78. The summed E-state index contributed by atoms with van der Waals surface area (Å²) in [5.74, 6) is 0.390. The molecule has 0 amide bonds. The second-order valence-corrected chi connectivity index (χ2v) is 4.22. The maximum atomic E-state index is 10.7. The van der Waals surface area contributed by atoms with Gasteiger partial charge in [0.25, 0.3) is 5.69 Å². The SMILES string of the molecule is Nc1cc2c(cc1[N+](=O)[O-])CC(CCO)C2. The quantitative estimate of drug-likeness (QED) is 0.458. The van der Waals surface area contributed by atoms with E-state index in [1.54, 1.807) is 12.1 Å². The van der Waals surface area contributed by atoms with E-state index in [0.717, 1.165) is 30.4 Å². The van der Waals surface area contributed by atoms with Gasteiger partial charge in [-0.1, -0.05) is 0 Å². The van der Waals surface area contributed by atoms with Gasteiger partial charge in [-0.3, -0.25) is 10.1 Å². The smallest absolute Gasteiger partial charge is 0.292 e. The van der Waals surface area contributed by atoms with Gasteiger partial charge in [-0.05, 0) is 42.4 Å². The van der Waals surface area contributed by atoms with E-state index in [9.17, 15) is 10.1 Å². The van der Waals surface area contributed by atoms with Crippen LogP contribution < -0.4 is 5.73 Å². The van der Waals surface area contributed by atoms with E-state index in [1.165, 1.54) is 0 Å². The van der Waals surface area contributed by atoms with Crippen LogP contribution in [0.5, 0.6) is 0 Å². The van der Waals surface area contributed by atoms with Gasteiger partial charge in [-0.15, -0.1) is 0 Å². The molecule has 0 radical (unpaired) electrons. The summed E-state index contributed by atoms with van der Waals surface area (Å²) in [6.45, 7) is 0.163. The highest BCUT2D eigenvalue weighted by molar-refractivity contribution is 5.62. The minimum absolute atomic E-state index is 0.0107. The molecule has 5 heteroatoms. The first-order chi connectivity index (χ1) is 7.61. The van der Waals surface area contributed by atoms with Crippen LogP contribution in [0.3, 0.4) is 0 Å². The molecule has 86 valence electrons. The summed E-state index contributed by atoms with van der Waals surface area (Å²) < 4.78 is 0. The number of hydrogen-bond acceptors (Lipinski definition) is 4. The third-order valence-corrected chi connectivity index (χ3v) is 3.10. The number of rotatable bonds is 3. The fraction of sp³-hybridized carbons (Fsp3) is 0.455. The van der Waals surface area contributed by atoms with Crippen molar-refractivity contribution in [2.45, 2.75) is 19.3 Å². The molecule has 0 spiro atoms. The van der Waals surface area contributed by atoms with Gasteiger partial charge in [0.1, 0.15) is 5.69 Å². The molecule has 0 heterocycles. The molecular weight excluding hydrogens is 208 g/mol. The van der Waals surface area contributed by atoms with Crippen LogP contribution in [-0.2, 0) is 12.8 Å². The Balaban J connectivity index is 2.30. The second kappa shape index (κ2) is 4.09. The number of anilines is 1. The van der Waals surface area contributed by atoms with E-state index < -0.39 is 4.92 Å². The van der Waals surface area contributed by atoms with Gasteiger partial charge in [0.15, 0.2) is 0 Å². The first-order valence-electron chi connectivity index (χ1n) is 5.28. The van der Waals surface area contributed by atoms with Crippen LogP contribution in [0.4, 0.5) is 11.4 Å². The zero-order valence-corrected chi connectivity index (χ0v) is 8.85. The molecule has 0 aromatic heterocycles. The zero-order valence-electron chi connectivity index (χ0n) is 8.85. The Hall–Kier alpha value is -1.62. The number of hydrogen-bond donors (Lipinski definition) is 2. The second-order valence-electron chi connectivity index (χ2n) is 4.22. The minimum Gasteiger partial charge on any atom is -0.396 e. The van der Waals surface area contributed by atoms with Crippen LogP contribution in [0, 0.1) is 16.0 Å². The fourth-order valence-electron chi connectivity index (χ4n) is 2.31. The van der Waals surface area contributed by atoms with Crippen LogP contribution >= 0.6 is 0 Å². The lowest BCUT2D eigenvalue weighted by molar-refractivity contribution is -0.384. The highest BCUT2D eigenvalue weighted by Gasteiger charge is 2.25. The molecule has 1 unspecified atom stereocenters. The molecule has 1 aromatic carbocycles. The molecule has 0 bridgehead atoms. The maximum absolute atomic E-state index is 10.7. The van der Waals surface area contributed by atoms with E-state index in [4.69, 9.17) is 10.8 Å². The van der Waals surface area contributed by atoms with Crippen LogP contribution in [0.25, 0.3) is 0 Å². The van der Waals surface area contributed by atoms with E-state index in [2.05, 4.69) is 0 Å². The van der Waals surface area contributed by atoms with E-state index in [1.807, 2.05) is 0 Å². The molecule has 2 rings (SSSR count). The number of nitrogens with two attached hydrogens (primary N) is 1. The van der Waals surface area contributed by atoms with E-state index in [0.29, 0.717) is 5.92 Å². The number of aliphatic hydroxyl groups excluding tert-OH is 1. The minimum atomic E-state index is -0.449. The monoisotopic (exact) mass is 222 g/mol. The molecule has 1 aromatic rings.